The molecule has 0 atom stereocenters. The van der Waals surface area contributed by atoms with Crippen molar-refractivity contribution >= 4 is 27.8 Å². The van der Waals surface area contributed by atoms with Crippen LogP contribution < -0.4 is 19.2 Å². The maximum atomic E-state index is 13.7. The molecule has 0 fully saturated rings. The van der Waals surface area contributed by atoms with Crippen molar-refractivity contribution in [2.45, 2.75) is 18.7 Å². The Hall–Kier alpha value is -3.92. The highest BCUT2D eigenvalue weighted by Crippen LogP contribution is 2.32. The Morgan fingerprint density at radius 3 is 2.35 bits per heavy atom. The van der Waals surface area contributed by atoms with Crippen molar-refractivity contribution in [3.8, 4) is 11.5 Å². The number of hydrazone groups is 1. The number of aryl methyl sites for hydroxylation is 2. The first-order chi connectivity index (χ1) is 16.2. The lowest BCUT2D eigenvalue weighted by Crippen LogP contribution is -2.39. The Morgan fingerprint density at radius 2 is 1.74 bits per heavy atom. The van der Waals surface area contributed by atoms with E-state index in [1.165, 1.54) is 38.6 Å². The van der Waals surface area contributed by atoms with E-state index in [4.69, 9.17) is 9.47 Å². The van der Waals surface area contributed by atoms with Gasteiger partial charge in [-0.3, -0.25) is 14.1 Å². The fourth-order valence-electron chi connectivity index (χ4n) is 3.30. The van der Waals surface area contributed by atoms with Crippen LogP contribution in [0.5, 0.6) is 11.5 Å². The lowest BCUT2D eigenvalue weighted by Gasteiger charge is -2.25. The van der Waals surface area contributed by atoms with E-state index >= 15 is 0 Å². The van der Waals surface area contributed by atoms with Gasteiger partial charge in [0.2, 0.25) is 0 Å². The van der Waals surface area contributed by atoms with E-state index in [0.717, 1.165) is 15.4 Å². The maximum absolute atomic E-state index is 13.7. The topological polar surface area (TPSA) is 110 Å². The fourth-order valence-corrected chi connectivity index (χ4v) is 4.72. The van der Waals surface area contributed by atoms with Crippen molar-refractivity contribution in [1.29, 1.82) is 0 Å². The summed E-state index contributed by atoms with van der Waals surface area (Å²) in [7, 11) is -1.26. The van der Waals surface area contributed by atoms with Crippen LogP contribution in [0.25, 0.3) is 0 Å². The molecule has 9 nitrogen and oxygen atoms in total. The monoisotopic (exact) mass is 482 g/mol. The molecule has 3 rings (SSSR count). The number of nitrogens with zero attached hydrogens (tertiary/aromatic N) is 3. The number of hydrogen-bond acceptors (Lipinski definition) is 7. The third-order valence-corrected chi connectivity index (χ3v) is 6.57. The number of rotatable bonds is 9. The van der Waals surface area contributed by atoms with Crippen LogP contribution in [0.2, 0.25) is 0 Å². The molecule has 1 N–H and O–H groups in total. The molecule has 0 saturated heterocycles. The smallest absolute Gasteiger partial charge is 0.264 e. The fraction of sp³-hybridized carbons (Fsp3) is 0.208. The van der Waals surface area contributed by atoms with Crippen LogP contribution >= 0.6 is 0 Å². The molecule has 1 amide bonds. The molecule has 0 saturated carbocycles. The quantitative estimate of drug-likeness (QED) is 0.371. The molecule has 3 aromatic rings. The molecule has 1 aromatic heterocycles. The Morgan fingerprint density at radius 1 is 1.03 bits per heavy atom. The summed E-state index contributed by atoms with van der Waals surface area (Å²) in [5.41, 5.74) is 4.99. The molecule has 0 aliphatic carbocycles. The largest absolute Gasteiger partial charge is 0.493 e. The zero-order valence-electron chi connectivity index (χ0n) is 19.3. The molecule has 2 aromatic carbocycles. The summed E-state index contributed by atoms with van der Waals surface area (Å²) in [6.07, 6.45) is 2.97. The van der Waals surface area contributed by atoms with Crippen LogP contribution in [-0.4, -0.2) is 46.3 Å². The van der Waals surface area contributed by atoms with E-state index < -0.39 is 22.5 Å². The molecule has 178 valence electrons. The molecule has 0 radical (unpaired) electrons. The minimum absolute atomic E-state index is 0.0471. The van der Waals surface area contributed by atoms with Gasteiger partial charge in [-0.05, 0) is 61.4 Å². The second-order valence-corrected chi connectivity index (χ2v) is 9.28. The summed E-state index contributed by atoms with van der Waals surface area (Å²) in [5.74, 6) is 0.0322. The van der Waals surface area contributed by atoms with Gasteiger partial charge >= 0.3 is 0 Å². The van der Waals surface area contributed by atoms with E-state index in [1.54, 1.807) is 36.5 Å². The van der Waals surface area contributed by atoms with Crippen molar-refractivity contribution < 1.29 is 22.7 Å². The molecular formula is C24H26N4O5S. The molecule has 0 bridgehead atoms. The van der Waals surface area contributed by atoms with Gasteiger partial charge in [-0.25, -0.2) is 13.8 Å². The second kappa shape index (κ2) is 10.8. The number of carbonyl (C=O) groups is 1. The van der Waals surface area contributed by atoms with Gasteiger partial charge in [0, 0.05) is 12.3 Å². The summed E-state index contributed by atoms with van der Waals surface area (Å²) >= 11 is 0. The Labute approximate surface area is 199 Å². The molecule has 0 unspecified atom stereocenters. The first kappa shape index (κ1) is 24.7. The zero-order chi connectivity index (χ0) is 24.7. The third kappa shape index (κ3) is 5.90. The normalized spacial score (nSPS) is 11.3. The van der Waals surface area contributed by atoms with Crippen LogP contribution in [-0.2, 0) is 14.8 Å². The van der Waals surface area contributed by atoms with Crippen LogP contribution in [0.15, 0.2) is 70.8 Å². The van der Waals surface area contributed by atoms with Gasteiger partial charge in [0.05, 0.1) is 36.7 Å². The lowest BCUT2D eigenvalue weighted by molar-refractivity contribution is -0.119. The highest BCUT2D eigenvalue weighted by Gasteiger charge is 2.28. The van der Waals surface area contributed by atoms with Crippen LogP contribution in [0.1, 0.15) is 16.8 Å². The average Bonchev–Trinajstić information content (AvgIpc) is 2.82. The second-order valence-electron chi connectivity index (χ2n) is 7.42. The maximum Gasteiger partial charge on any atom is 0.264 e. The molecule has 0 aliphatic rings. The van der Waals surface area contributed by atoms with Crippen molar-refractivity contribution in [2.75, 3.05) is 25.1 Å². The molecule has 10 heteroatoms. The zero-order valence-corrected chi connectivity index (χ0v) is 20.2. The summed E-state index contributed by atoms with van der Waals surface area (Å²) < 4.78 is 38.8. The molecule has 0 aliphatic heterocycles. The molecule has 34 heavy (non-hydrogen) atoms. The highest BCUT2D eigenvalue weighted by molar-refractivity contribution is 7.92. The van der Waals surface area contributed by atoms with E-state index in [1.807, 2.05) is 19.9 Å². The summed E-state index contributed by atoms with van der Waals surface area (Å²) in [6.45, 7) is 3.23. The number of hydrogen-bond donors (Lipinski definition) is 1. The van der Waals surface area contributed by atoms with E-state index in [0.29, 0.717) is 17.1 Å². The predicted octanol–water partition coefficient (Wildman–Crippen LogP) is 3.06. The van der Waals surface area contributed by atoms with Gasteiger partial charge in [-0.1, -0.05) is 12.1 Å². The van der Waals surface area contributed by atoms with Crippen molar-refractivity contribution in [1.82, 2.24) is 10.4 Å². The van der Waals surface area contributed by atoms with E-state index in [9.17, 15) is 13.2 Å². The van der Waals surface area contributed by atoms with Crippen LogP contribution in [0.4, 0.5) is 5.69 Å². The number of methoxy groups -OCH3 is 2. The minimum atomic E-state index is -4.14. The van der Waals surface area contributed by atoms with Gasteiger partial charge in [0.15, 0.2) is 11.5 Å². The van der Waals surface area contributed by atoms with Gasteiger partial charge in [0.1, 0.15) is 6.54 Å². The van der Waals surface area contributed by atoms with Gasteiger partial charge in [-0.2, -0.15) is 5.10 Å². The van der Waals surface area contributed by atoms with E-state index in [2.05, 4.69) is 15.5 Å². The Bertz CT molecular complexity index is 1270. The minimum Gasteiger partial charge on any atom is -0.493 e. The van der Waals surface area contributed by atoms with Gasteiger partial charge in [0.25, 0.3) is 15.9 Å². The number of carbonyl (C=O) groups excluding carboxylic acids is 1. The highest BCUT2D eigenvalue weighted by atomic mass is 32.2. The SMILES string of the molecule is COc1ccc(S(=O)(=O)N(CC(=O)N/N=C\c2ccccn2)c2cc(C)cc(C)c2)cc1OC. The number of ether oxygens (including phenoxy) is 2. The number of amides is 1. The third-order valence-electron chi connectivity index (χ3n) is 4.80. The average molecular weight is 483 g/mol. The predicted molar refractivity (Wildman–Crippen MR) is 130 cm³/mol. The number of aromatic nitrogens is 1. The van der Waals surface area contributed by atoms with E-state index in [-0.39, 0.29) is 10.6 Å². The number of anilines is 1. The van der Waals surface area contributed by atoms with Gasteiger partial charge in [-0.15, -0.1) is 0 Å². The van der Waals surface area contributed by atoms with Crippen LogP contribution in [0, 0.1) is 13.8 Å². The van der Waals surface area contributed by atoms with Crippen molar-refractivity contribution in [3.05, 3.63) is 77.6 Å². The summed E-state index contributed by atoms with van der Waals surface area (Å²) in [4.78, 5) is 16.7. The number of sulfonamides is 1. The van der Waals surface area contributed by atoms with Crippen molar-refractivity contribution in [3.63, 3.8) is 0 Å². The molecular weight excluding hydrogens is 456 g/mol. The summed E-state index contributed by atoms with van der Waals surface area (Å²) in [5, 5.41) is 3.88. The first-order valence-electron chi connectivity index (χ1n) is 10.3. The molecule has 1 heterocycles. The van der Waals surface area contributed by atoms with Crippen LogP contribution in [0.3, 0.4) is 0 Å². The Balaban J connectivity index is 1.95. The van der Waals surface area contributed by atoms with Crippen molar-refractivity contribution in [2.24, 2.45) is 5.10 Å². The number of nitrogens with one attached hydrogen (secondary N) is 1. The lowest BCUT2D eigenvalue weighted by atomic mass is 10.1. The Kier molecular flexibility index (Phi) is 7.85. The first-order valence-corrected chi connectivity index (χ1v) is 11.7. The number of pyridine rings is 1. The number of benzene rings is 2. The summed E-state index contributed by atoms with van der Waals surface area (Å²) in [6, 6.07) is 14.9. The standard InChI is InChI=1S/C24H26N4O5S/c1-17-11-18(2)13-20(12-17)28(16-24(29)27-26-15-19-7-5-6-10-25-19)34(30,31)21-8-9-22(32-3)23(14-21)33-4/h5-15H,16H2,1-4H3,(H,27,29)/b26-15-. The van der Waals surface area contributed by atoms with Gasteiger partial charge < -0.3 is 9.47 Å². The molecule has 0 spiro atoms.